The lowest BCUT2D eigenvalue weighted by Crippen LogP contribution is -2.24. The Hall–Kier alpha value is -5.36. The van der Waals surface area contributed by atoms with Crippen LogP contribution in [0.4, 0.5) is 8.78 Å². The van der Waals surface area contributed by atoms with Gasteiger partial charge in [-0.15, -0.1) is 5.10 Å². The van der Waals surface area contributed by atoms with Crippen LogP contribution in [0.25, 0.3) is 22.3 Å². The predicted molar refractivity (Wildman–Crippen MR) is 194 cm³/mol. The number of carbonyl (C=O) groups is 1. The number of hydrogen-bond acceptors (Lipinski definition) is 7. The van der Waals surface area contributed by atoms with Crippen molar-refractivity contribution in [1.29, 1.82) is 0 Å². The van der Waals surface area contributed by atoms with Crippen molar-refractivity contribution in [2.75, 3.05) is 27.2 Å². The molecule has 0 radical (unpaired) electrons. The SMILES string of the molecule is CN(C)CCOC(=O)CCc1cccc(C2(C)CCCCCc3cn(nn3)Cc3c(c(F)cc4[nH]ccc34)Oc3ccc(F)c(c3)-c3ncc2[nH]3)c1. The number of imidazole rings is 1. The van der Waals surface area contributed by atoms with Crippen LogP contribution < -0.4 is 4.74 Å². The number of rotatable bonds is 7. The van der Waals surface area contributed by atoms with Gasteiger partial charge in [0.05, 0.1) is 17.8 Å². The fourth-order valence-electron chi connectivity index (χ4n) is 6.92. The van der Waals surface area contributed by atoms with E-state index in [9.17, 15) is 4.79 Å². The summed E-state index contributed by atoms with van der Waals surface area (Å²) >= 11 is 0. The number of hydrogen-bond donors (Lipinski definition) is 2. The van der Waals surface area contributed by atoms with Gasteiger partial charge in [-0.3, -0.25) is 4.79 Å². The van der Waals surface area contributed by atoms with Crippen LogP contribution in [0.15, 0.2) is 73.2 Å². The van der Waals surface area contributed by atoms with E-state index in [2.05, 4.69) is 44.3 Å². The molecule has 0 fully saturated rings. The quantitative estimate of drug-likeness (QED) is 0.163. The van der Waals surface area contributed by atoms with Crippen molar-refractivity contribution in [2.24, 2.45) is 0 Å². The van der Waals surface area contributed by atoms with E-state index in [0.717, 1.165) is 60.0 Å². The topological polar surface area (TPSA) is 114 Å². The molecule has 1 aliphatic heterocycles. The summed E-state index contributed by atoms with van der Waals surface area (Å²) in [5, 5.41) is 9.56. The van der Waals surface area contributed by atoms with Gasteiger partial charge < -0.3 is 24.3 Å². The molecule has 270 valence electrons. The molecular weight excluding hydrogens is 664 g/mol. The van der Waals surface area contributed by atoms with Crippen molar-refractivity contribution < 1.29 is 23.0 Å². The van der Waals surface area contributed by atoms with E-state index in [1.54, 1.807) is 23.1 Å². The molecule has 0 amide bonds. The van der Waals surface area contributed by atoms with Crippen LogP contribution in [-0.4, -0.2) is 68.1 Å². The Bertz CT molecular complexity index is 2190. The Morgan fingerprint density at radius 2 is 1.96 bits per heavy atom. The molecule has 1 unspecified atom stereocenters. The van der Waals surface area contributed by atoms with Gasteiger partial charge in [-0.1, -0.05) is 42.3 Å². The summed E-state index contributed by atoms with van der Waals surface area (Å²) in [5.74, 6) is -0.624. The number of aromatic amines is 2. The zero-order valence-corrected chi connectivity index (χ0v) is 29.7. The second kappa shape index (κ2) is 15.1. The fraction of sp³-hybridized carbons (Fsp3) is 0.350. The molecule has 6 bridgehead atoms. The second-order valence-corrected chi connectivity index (χ2v) is 14.0. The number of aromatic nitrogens is 6. The highest BCUT2D eigenvalue weighted by atomic mass is 19.1. The van der Waals surface area contributed by atoms with Crippen LogP contribution in [0.2, 0.25) is 0 Å². The number of nitrogens with one attached hydrogen (secondary N) is 2. The van der Waals surface area contributed by atoms with E-state index in [0.29, 0.717) is 36.5 Å². The van der Waals surface area contributed by atoms with E-state index in [4.69, 9.17) is 9.47 Å². The van der Waals surface area contributed by atoms with Crippen molar-refractivity contribution in [3.05, 3.63) is 113 Å². The molecule has 1 atom stereocenters. The summed E-state index contributed by atoms with van der Waals surface area (Å²) in [6, 6.07) is 15.9. The van der Waals surface area contributed by atoms with Crippen molar-refractivity contribution in [3.63, 3.8) is 0 Å². The summed E-state index contributed by atoms with van der Waals surface area (Å²) < 4.78 is 44.6. The number of halogens is 2. The van der Waals surface area contributed by atoms with Crippen molar-refractivity contribution in [2.45, 2.75) is 63.8 Å². The Labute approximate surface area is 301 Å². The number of H-pyrrole nitrogens is 2. The molecule has 7 rings (SSSR count). The van der Waals surface area contributed by atoms with Crippen LogP contribution in [0.1, 0.15) is 67.1 Å². The summed E-state index contributed by atoms with van der Waals surface area (Å²) in [7, 11) is 3.88. The molecule has 1 aliphatic rings. The van der Waals surface area contributed by atoms with Gasteiger partial charge >= 0.3 is 5.97 Å². The van der Waals surface area contributed by atoms with Crippen LogP contribution in [-0.2, 0) is 34.3 Å². The van der Waals surface area contributed by atoms with E-state index < -0.39 is 17.0 Å². The summed E-state index contributed by atoms with van der Waals surface area (Å²) in [4.78, 5) is 25.6. The molecule has 0 saturated carbocycles. The number of benzene rings is 3. The minimum atomic E-state index is -0.554. The van der Waals surface area contributed by atoms with Gasteiger partial charge in [0.1, 0.15) is 24.0 Å². The molecule has 4 heterocycles. The maximum Gasteiger partial charge on any atom is 0.306 e. The van der Waals surface area contributed by atoms with Crippen LogP contribution in [0, 0.1) is 11.6 Å². The molecule has 12 heteroatoms. The number of ether oxygens (including phenoxy) is 2. The minimum absolute atomic E-state index is 0.0361. The van der Waals surface area contributed by atoms with Crippen molar-refractivity contribution >= 4 is 16.9 Å². The zero-order chi connectivity index (χ0) is 36.2. The lowest BCUT2D eigenvalue weighted by molar-refractivity contribution is -0.143. The van der Waals surface area contributed by atoms with Crippen LogP contribution in [0.3, 0.4) is 0 Å². The third-order valence-electron chi connectivity index (χ3n) is 9.95. The average molecular weight is 708 g/mol. The lowest BCUT2D eigenvalue weighted by Gasteiger charge is -2.30. The van der Waals surface area contributed by atoms with E-state index in [-0.39, 0.29) is 36.0 Å². The molecule has 0 aliphatic carbocycles. The number of aryl methyl sites for hydroxylation is 2. The number of carbonyl (C=O) groups excluding carboxylic acids is 1. The standard InChI is InChI=1S/C40H43F2N7O3/c1-40(27-9-7-8-26(20-27)11-14-37(50)51-19-18-48(2)3)16-6-4-5-10-28-24-49(47-46-28)25-32-30-15-17-43-35(30)22-34(42)38(32)52-29-12-13-33(41)31(21-29)39-44-23-36(40)45-39/h7-9,12-13,15,17,20-24,43H,4-6,10-11,14,16,18-19,25H2,1-3H3,(H,44,45). The maximum atomic E-state index is 15.7. The smallest absolute Gasteiger partial charge is 0.306 e. The Kier molecular flexibility index (Phi) is 10.2. The molecule has 6 aromatic rings. The van der Waals surface area contributed by atoms with Crippen LogP contribution in [0.5, 0.6) is 11.5 Å². The first-order valence-electron chi connectivity index (χ1n) is 17.8. The molecule has 3 aromatic carbocycles. The lowest BCUT2D eigenvalue weighted by atomic mass is 9.75. The first-order valence-corrected chi connectivity index (χ1v) is 17.8. The van der Waals surface area contributed by atoms with Gasteiger partial charge in [0.2, 0.25) is 0 Å². The molecule has 10 nitrogen and oxygen atoms in total. The average Bonchev–Trinajstić information content (AvgIpc) is 3.91. The Morgan fingerprint density at radius 1 is 1.08 bits per heavy atom. The van der Waals surface area contributed by atoms with Crippen molar-refractivity contribution in [1.82, 2.24) is 34.8 Å². The van der Waals surface area contributed by atoms with Crippen molar-refractivity contribution in [3.8, 4) is 22.9 Å². The Morgan fingerprint density at radius 3 is 2.83 bits per heavy atom. The van der Waals surface area contributed by atoms with Gasteiger partial charge in [0, 0.05) is 65.2 Å². The predicted octanol–water partition coefficient (Wildman–Crippen LogP) is 7.73. The van der Waals surface area contributed by atoms with Crippen LogP contribution >= 0.6 is 0 Å². The van der Waals surface area contributed by atoms with E-state index in [1.165, 1.54) is 18.2 Å². The molecule has 3 aromatic heterocycles. The molecule has 2 N–H and O–H groups in total. The normalized spacial score (nSPS) is 16.5. The zero-order valence-electron chi connectivity index (χ0n) is 29.7. The molecule has 52 heavy (non-hydrogen) atoms. The number of nitrogens with zero attached hydrogens (tertiary/aromatic N) is 5. The van der Waals surface area contributed by atoms with E-state index in [1.807, 2.05) is 43.4 Å². The number of esters is 1. The first-order chi connectivity index (χ1) is 25.2. The monoisotopic (exact) mass is 707 g/mol. The van der Waals surface area contributed by atoms with Gasteiger partial charge in [-0.2, -0.15) is 0 Å². The summed E-state index contributed by atoms with van der Waals surface area (Å²) in [6.07, 6.45) is 10.6. The minimum Gasteiger partial charge on any atom is -0.464 e. The third-order valence-corrected chi connectivity index (χ3v) is 9.95. The van der Waals surface area contributed by atoms with Gasteiger partial charge in [-0.05, 0) is 82.1 Å². The van der Waals surface area contributed by atoms with Gasteiger partial charge in [0.25, 0.3) is 0 Å². The molecule has 0 saturated heterocycles. The highest BCUT2D eigenvalue weighted by Crippen LogP contribution is 2.40. The van der Waals surface area contributed by atoms with Gasteiger partial charge in [-0.25, -0.2) is 18.4 Å². The summed E-state index contributed by atoms with van der Waals surface area (Å²) in [5.41, 5.74) is 4.71. The number of fused-ring (bicyclic) bond motifs is 10. The second-order valence-electron chi connectivity index (χ2n) is 14.0. The van der Waals surface area contributed by atoms with Gasteiger partial charge in [0.15, 0.2) is 11.6 Å². The fourth-order valence-corrected chi connectivity index (χ4v) is 6.92. The largest absolute Gasteiger partial charge is 0.464 e. The first kappa shape index (κ1) is 35.1. The molecule has 0 spiro atoms. The highest BCUT2D eigenvalue weighted by Gasteiger charge is 2.31. The summed E-state index contributed by atoms with van der Waals surface area (Å²) in [6.45, 7) is 3.45. The van der Waals surface area contributed by atoms with E-state index >= 15 is 8.78 Å². The Balaban J connectivity index is 1.23. The third kappa shape index (κ3) is 7.62. The highest BCUT2D eigenvalue weighted by molar-refractivity contribution is 5.85. The maximum absolute atomic E-state index is 15.7. The number of likely N-dealkylation sites (N-methyl/N-ethyl adjacent to an activating group) is 1. The molecular formula is C40H43F2N7O3.